The van der Waals surface area contributed by atoms with Crippen molar-refractivity contribution in [2.45, 2.75) is 33.7 Å². The van der Waals surface area contributed by atoms with Gasteiger partial charge in [-0.2, -0.15) is 0 Å². The Hall–Kier alpha value is -1.95. The molecule has 6 heteroatoms. The Morgan fingerprint density at radius 1 is 1.16 bits per heavy atom. The predicted octanol–water partition coefficient (Wildman–Crippen LogP) is 2.82. The van der Waals surface area contributed by atoms with Crippen molar-refractivity contribution >= 4 is 5.96 Å². The third-order valence-electron chi connectivity index (χ3n) is 3.46. The monoisotopic (exact) mass is 351 g/mol. The van der Waals surface area contributed by atoms with Crippen LogP contribution in [0.25, 0.3) is 0 Å². The van der Waals surface area contributed by atoms with E-state index in [0.717, 1.165) is 55.7 Å². The van der Waals surface area contributed by atoms with Crippen molar-refractivity contribution in [3.05, 3.63) is 23.8 Å². The number of guanidine groups is 1. The number of hydrogen-bond donors (Lipinski definition) is 2. The van der Waals surface area contributed by atoms with E-state index in [-0.39, 0.29) is 0 Å². The summed E-state index contributed by atoms with van der Waals surface area (Å²) in [5.41, 5.74) is 1.01. The molecule has 0 radical (unpaired) electrons. The second-order valence-electron chi connectivity index (χ2n) is 6.12. The smallest absolute Gasteiger partial charge is 0.191 e. The zero-order chi connectivity index (χ0) is 18.5. The number of ether oxygens (including phenoxy) is 3. The summed E-state index contributed by atoms with van der Waals surface area (Å²) in [5.74, 6) is 2.92. The van der Waals surface area contributed by atoms with Gasteiger partial charge in [-0.3, -0.25) is 0 Å². The van der Waals surface area contributed by atoms with Crippen LogP contribution in [0.2, 0.25) is 0 Å². The first-order valence-electron chi connectivity index (χ1n) is 8.91. The number of benzene rings is 1. The number of nitrogens with one attached hydrogen (secondary N) is 2. The van der Waals surface area contributed by atoms with Crippen molar-refractivity contribution in [1.29, 1.82) is 0 Å². The van der Waals surface area contributed by atoms with Crippen LogP contribution in [0.3, 0.4) is 0 Å². The Labute approximate surface area is 152 Å². The fourth-order valence-corrected chi connectivity index (χ4v) is 2.19. The molecule has 1 aromatic carbocycles. The van der Waals surface area contributed by atoms with Crippen molar-refractivity contribution in [2.24, 2.45) is 10.9 Å². The Morgan fingerprint density at radius 3 is 2.60 bits per heavy atom. The molecule has 0 amide bonds. The molecule has 0 fully saturated rings. The zero-order valence-corrected chi connectivity index (χ0v) is 16.2. The van der Waals surface area contributed by atoms with Gasteiger partial charge in [-0.1, -0.05) is 13.8 Å². The average molecular weight is 351 g/mol. The molecule has 0 unspecified atom stereocenters. The fourth-order valence-electron chi connectivity index (χ4n) is 2.19. The number of nitrogens with zero attached hydrogens (tertiary/aromatic N) is 1. The summed E-state index contributed by atoms with van der Waals surface area (Å²) in [6.07, 6.45) is 0.947. The molecule has 25 heavy (non-hydrogen) atoms. The van der Waals surface area contributed by atoms with Crippen LogP contribution in [-0.4, -0.2) is 46.5 Å². The van der Waals surface area contributed by atoms with Crippen LogP contribution in [0.15, 0.2) is 23.2 Å². The minimum Gasteiger partial charge on any atom is -0.497 e. The van der Waals surface area contributed by atoms with E-state index in [1.165, 1.54) is 0 Å². The van der Waals surface area contributed by atoms with Crippen LogP contribution in [0.1, 0.15) is 32.8 Å². The molecule has 142 valence electrons. The van der Waals surface area contributed by atoms with Gasteiger partial charge in [-0.25, -0.2) is 4.99 Å². The maximum atomic E-state index is 5.59. The van der Waals surface area contributed by atoms with Crippen LogP contribution in [0.4, 0.5) is 0 Å². The first-order valence-corrected chi connectivity index (χ1v) is 8.91. The van der Waals surface area contributed by atoms with E-state index < -0.39 is 0 Å². The molecular weight excluding hydrogens is 318 g/mol. The lowest BCUT2D eigenvalue weighted by Gasteiger charge is -2.13. The van der Waals surface area contributed by atoms with Crippen molar-refractivity contribution in [3.8, 4) is 11.5 Å². The van der Waals surface area contributed by atoms with Gasteiger partial charge in [0, 0.05) is 37.9 Å². The average Bonchev–Trinajstić information content (AvgIpc) is 2.61. The van der Waals surface area contributed by atoms with Crippen LogP contribution >= 0.6 is 0 Å². The Bertz CT molecular complexity index is 519. The lowest BCUT2D eigenvalue weighted by Crippen LogP contribution is -2.38. The highest BCUT2D eigenvalue weighted by atomic mass is 16.5. The van der Waals surface area contributed by atoms with E-state index in [4.69, 9.17) is 14.2 Å². The maximum absolute atomic E-state index is 5.59. The molecule has 2 N–H and O–H groups in total. The molecule has 0 aliphatic heterocycles. The second kappa shape index (κ2) is 12.4. The van der Waals surface area contributed by atoms with E-state index in [2.05, 4.69) is 36.4 Å². The Kier molecular flexibility index (Phi) is 10.5. The Morgan fingerprint density at radius 2 is 1.96 bits per heavy atom. The van der Waals surface area contributed by atoms with Gasteiger partial charge in [-0.05, 0) is 31.4 Å². The summed E-state index contributed by atoms with van der Waals surface area (Å²) in [4.78, 5) is 4.63. The molecule has 0 saturated carbocycles. The molecule has 0 saturated heterocycles. The van der Waals surface area contributed by atoms with Crippen LogP contribution in [0.5, 0.6) is 11.5 Å². The quantitative estimate of drug-likeness (QED) is 0.365. The van der Waals surface area contributed by atoms with Gasteiger partial charge >= 0.3 is 0 Å². The highest BCUT2D eigenvalue weighted by Crippen LogP contribution is 2.25. The molecule has 1 rings (SSSR count). The molecule has 0 atom stereocenters. The van der Waals surface area contributed by atoms with Crippen LogP contribution in [-0.2, 0) is 11.3 Å². The molecule has 0 aliphatic carbocycles. The van der Waals surface area contributed by atoms with Crippen molar-refractivity contribution in [2.75, 3.05) is 40.5 Å². The summed E-state index contributed by atoms with van der Waals surface area (Å²) in [7, 11) is 3.30. The topological polar surface area (TPSA) is 64.1 Å². The first-order chi connectivity index (χ1) is 12.1. The largest absolute Gasteiger partial charge is 0.497 e. The summed E-state index contributed by atoms with van der Waals surface area (Å²) >= 11 is 0. The summed E-state index contributed by atoms with van der Waals surface area (Å²) in [5, 5.41) is 6.59. The maximum Gasteiger partial charge on any atom is 0.191 e. The lowest BCUT2D eigenvalue weighted by atomic mass is 10.2. The minimum absolute atomic E-state index is 0.534. The summed E-state index contributed by atoms with van der Waals surface area (Å²) < 4.78 is 16.2. The number of methoxy groups -OCH3 is 2. The molecule has 0 aromatic heterocycles. The van der Waals surface area contributed by atoms with Gasteiger partial charge in [0.2, 0.25) is 0 Å². The third-order valence-corrected chi connectivity index (χ3v) is 3.46. The molecule has 0 spiro atoms. The standard InChI is InChI=1S/C19H33N3O3/c1-6-20-19(21-10-7-11-25-14-15(2)3)22-13-16-8-9-17(23-4)12-18(16)24-5/h8-9,12,15H,6-7,10-11,13-14H2,1-5H3,(H2,20,21,22). The van der Waals surface area contributed by atoms with Crippen LogP contribution in [0, 0.1) is 5.92 Å². The van der Waals surface area contributed by atoms with Gasteiger partial charge < -0.3 is 24.8 Å². The normalized spacial score (nSPS) is 11.5. The van der Waals surface area contributed by atoms with E-state index in [0.29, 0.717) is 12.5 Å². The summed E-state index contributed by atoms with van der Waals surface area (Å²) in [6, 6.07) is 5.77. The first kappa shape index (κ1) is 21.1. The van der Waals surface area contributed by atoms with Crippen molar-refractivity contribution in [3.63, 3.8) is 0 Å². The molecule has 0 aliphatic rings. The van der Waals surface area contributed by atoms with E-state index in [1.54, 1.807) is 14.2 Å². The SMILES string of the molecule is CCNC(=NCc1ccc(OC)cc1OC)NCCCOCC(C)C. The van der Waals surface area contributed by atoms with Crippen molar-refractivity contribution < 1.29 is 14.2 Å². The number of rotatable bonds is 11. The minimum atomic E-state index is 0.534. The van der Waals surface area contributed by atoms with Gasteiger partial charge in [0.1, 0.15) is 11.5 Å². The molecule has 1 aromatic rings. The van der Waals surface area contributed by atoms with E-state index in [9.17, 15) is 0 Å². The predicted molar refractivity (Wildman–Crippen MR) is 103 cm³/mol. The Balaban J connectivity index is 2.52. The molecular formula is C19H33N3O3. The van der Waals surface area contributed by atoms with Gasteiger partial charge in [0.15, 0.2) is 5.96 Å². The van der Waals surface area contributed by atoms with Crippen LogP contribution < -0.4 is 20.1 Å². The molecule has 0 bridgehead atoms. The lowest BCUT2D eigenvalue weighted by molar-refractivity contribution is 0.108. The summed E-state index contributed by atoms with van der Waals surface area (Å²) in [6.45, 7) is 10.1. The zero-order valence-electron chi connectivity index (χ0n) is 16.2. The molecule has 0 heterocycles. The van der Waals surface area contributed by atoms with Crippen molar-refractivity contribution in [1.82, 2.24) is 10.6 Å². The number of hydrogen-bond acceptors (Lipinski definition) is 4. The van der Waals surface area contributed by atoms with Gasteiger partial charge in [0.25, 0.3) is 0 Å². The van der Waals surface area contributed by atoms with Gasteiger partial charge in [-0.15, -0.1) is 0 Å². The van der Waals surface area contributed by atoms with E-state index >= 15 is 0 Å². The highest BCUT2D eigenvalue weighted by molar-refractivity contribution is 5.79. The highest BCUT2D eigenvalue weighted by Gasteiger charge is 2.05. The molecule has 6 nitrogen and oxygen atoms in total. The van der Waals surface area contributed by atoms with Gasteiger partial charge in [0.05, 0.1) is 20.8 Å². The van der Waals surface area contributed by atoms with E-state index in [1.807, 2.05) is 18.2 Å². The second-order valence-corrected chi connectivity index (χ2v) is 6.12. The third kappa shape index (κ3) is 8.63. The fraction of sp³-hybridized carbons (Fsp3) is 0.632. The number of aliphatic imine (C=N–C) groups is 1.